The number of nitrogens with zero attached hydrogens (tertiary/aromatic N) is 3. The molecular formula is C21H25Cl2N3O5. The summed E-state index contributed by atoms with van der Waals surface area (Å²) in [6.07, 6.45) is 1.78. The van der Waals surface area contributed by atoms with Crippen LogP contribution in [-0.4, -0.2) is 63.2 Å². The molecule has 0 aromatic heterocycles. The van der Waals surface area contributed by atoms with E-state index in [1.54, 1.807) is 20.6 Å². The molecule has 0 amide bonds. The fourth-order valence-corrected chi connectivity index (χ4v) is 3.43. The lowest BCUT2D eigenvalue weighted by Gasteiger charge is -2.31. The molecule has 2 heterocycles. The average Bonchev–Trinajstić information content (AvgIpc) is 2.73. The third-order valence-electron chi connectivity index (χ3n) is 4.65. The third kappa shape index (κ3) is 5.28. The van der Waals surface area contributed by atoms with Gasteiger partial charge in [-0.1, -0.05) is 17.7 Å². The van der Waals surface area contributed by atoms with Crippen molar-refractivity contribution in [1.29, 1.82) is 0 Å². The number of benzene rings is 2. The topological polar surface area (TPSA) is 96.4 Å². The molecule has 2 aliphatic rings. The maximum absolute atomic E-state index is 6.35. The van der Waals surface area contributed by atoms with Gasteiger partial charge in [0.05, 0.1) is 37.5 Å². The van der Waals surface area contributed by atoms with E-state index in [4.69, 9.17) is 35.5 Å². The molecular weight excluding hydrogens is 445 g/mol. The van der Waals surface area contributed by atoms with Gasteiger partial charge in [-0.25, -0.2) is 9.98 Å². The average molecular weight is 470 g/mol. The van der Waals surface area contributed by atoms with Gasteiger partial charge >= 0.3 is 0 Å². The molecule has 31 heavy (non-hydrogen) atoms. The molecule has 0 aliphatic carbocycles. The Morgan fingerprint density at radius 1 is 0.968 bits per heavy atom. The summed E-state index contributed by atoms with van der Waals surface area (Å²) in [7, 11) is 3.27. The summed E-state index contributed by atoms with van der Waals surface area (Å²) in [5, 5.41) is 0.704. The molecule has 0 radical (unpaired) electrons. The smallest absolute Gasteiger partial charge is 0.163 e. The Balaban J connectivity index is 0.00000171. The number of hydrogen-bond donors (Lipinski definition) is 0. The zero-order chi connectivity index (χ0) is 20.2. The van der Waals surface area contributed by atoms with Gasteiger partial charge in [-0.15, -0.1) is 12.4 Å². The summed E-state index contributed by atoms with van der Waals surface area (Å²) >= 11 is 6.35. The van der Waals surface area contributed by atoms with Gasteiger partial charge < -0.3 is 29.3 Å². The van der Waals surface area contributed by atoms with E-state index in [-0.39, 0.29) is 17.9 Å². The normalized spacial score (nSPS) is 13.1. The summed E-state index contributed by atoms with van der Waals surface area (Å²) in [5.74, 6) is 2.04. The highest BCUT2D eigenvalue weighted by atomic mass is 35.5. The van der Waals surface area contributed by atoms with Crippen LogP contribution in [0.4, 0.5) is 11.4 Å². The predicted octanol–water partition coefficient (Wildman–Crippen LogP) is 3.55. The van der Waals surface area contributed by atoms with Gasteiger partial charge in [0.15, 0.2) is 11.5 Å². The van der Waals surface area contributed by atoms with E-state index < -0.39 is 0 Å². The summed E-state index contributed by atoms with van der Waals surface area (Å²) in [6, 6.07) is 9.54. The Bertz CT molecular complexity index is 968. The number of amidine groups is 1. The van der Waals surface area contributed by atoms with E-state index in [2.05, 4.69) is 4.99 Å². The van der Waals surface area contributed by atoms with Crippen molar-refractivity contribution in [3.05, 3.63) is 46.5 Å². The molecule has 2 N–H and O–H groups in total. The van der Waals surface area contributed by atoms with Gasteiger partial charge in [-0.05, 0) is 18.2 Å². The van der Waals surface area contributed by atoms with Crippen molar-refractivity contribution in [1.82, 2.24) is 4.90 Å². The van der Waals surface area contributed by atoms with Gasteiger partial charge in [0.25, 0.3) is 0 Å². The molecule has 0 fully saturated rings. The van der Waals surface area contributed by atoms with Crippen LogP contribution in [0.15, 0.2) is 40.3 Å². The van der Waals surface area contributed by atoms with Crippen molar-refractivity contribution in [2.24, 2.45) is 9.98 Å². The van der Waals surface area contributed by atoms with Crippen LogP contribution in [0.3, 0.4) is 0 Å². The monoisotopic (exact) mass is 469 g/mol. The van der Waals surface area contributed by atoms with Gasteiger partial charge in [-0.2, -0.15) is 0 Å². The highest BCUT2D eigenvalue weighted by Gasteiger charge is 2.28. The number of fused-ring (bicyclic) bond motifs is 4. The van der Waals surface area contributed by atoms with E-state index >= 15 is 0 Å². The molecule has 8 nitrogen and oxygen atoms in total. The first-order chi connectivity index (χ1) is 14.2. The fraction of sp³-hybridized carbons (Fsp3) is 0.333. The molecule has 2 aromatic rings. The number of halogens is 2. The molecule has 0 atom stereocenters. The molecule has 4 rings (SSSR count). The van der Waals surface area contributed by atoms with Gasteiger partial charge in [0.1, 0.15) is 19.0 Å². The minimum Gasteiger partial charge on any atom is -0.487 e. The summed E-state index contributed by atoms with van der Waals surface area (Å²) < 4.78 is 21.9. The Hall–Kier alpha value is -2.36. The molecule has 10 heteroatoms. The van der Waals surface area contributed by atoms with Crippen molar-refractivity contribution in [3.63, 3.8) is 0 Å². The Labute approximate surface area is 192 Å². The molecule has 0 bridgehead atoms. The van der Waals surface area contributed by atoms with Crippen molar-refractivity contribution in [2.75, 3.05) is 40.6 Å². The highest BCUT2D eigenvalue weighted by molar-refractivity contribution is 6.32. The zero-order valence-corrected chi connectivity index (χ0v) is 18.8. The lowest BCUT2D eigenvalue weighted by atomic mass is 10.0. The first-order valence-corrected chi connectivity index (χ1v) is 9.68. The second-order valence-corrected chi connectivity index (χ2v) is 6.95. The molecule has 0 unspecified atom stereocenters. The van der Waals surface area contributed by atoms with E-state index in [1.807, 2.05) is 35.2 Å². The number of aliphatic imine (C=N–C) groups is 2. The molecule has 0 saturated carbocycles. The van der Waals surface area contributed by atoms with Crippen LogP contribution in [0.2, 0.25) is 5.02 Å². The van der Waals surface area contributed by atoms with Gasteiger partial charge in [0, 0.05) is 36.4 Å². The molecule has 2 aromatic carbocycles. The summed E-state index contributed by atoms with van der Waals surface area (Å²) in [4.78, 5) is 11.4. The van der Waals surface area contributed by atoms with Crippen molar-refractivity contribution >= 4 is 47.6 Å². The van der Waals surface area contributed by atoms with Crippen molar-refractivity contribution < 1.29 is 24.4 Å². The second-order valence-electron chi connectivity index (χ2n) is 6.54. The zero-order valence-electron chi connectivity index (χ0n) is 17.3. The SMILES string of the molecule is COCCOc1cc2c(cc1OCCOC)C1=Nc3cccc(Cl)c3CN1C=N2.Cl.O. The van der Waals surface area contributed by atoms with E-state index in [1.165, 1.54) is 0 Å². The minimum atomic E-state index is 0. The van der Waals surface area contributed by atoms with E-state index in [0.717, 1.165) is 28.3 Å². The Morgan fingerprint density at radius 2 is 1.65 bits per heavy atom. The summed E-state index contributed by atoms with van der Waals surface area (Å²) in [6.45, 7) is 2.40. The fourth-order valence-electron chi connectivity index (χ4n) is 3.21. The Kier molecular flexibility index (Phi) is 9.09. The van der Waals surface area contributed by atoms with Crippen LogP contribution < -0.4 is 9.47 Å². The number of hydrogen-bond acceptors (Lipinski definition) is 7. The maximum atomic E-state index is 6.35. The molecule has 168 valence electrons. The lowest BCUT2D eigenvalue weighted by Crippen LogP contribution is -2.34. The largest absolute Gasteiger partial charge is 0.487 e. The molecule has 2 aliphatic heterocycles. The van der Waals surface area contributed by atoms with Gasteiger partial charge in [-0.3, -0.25) is 0 Å². The Morgan fingerprint density at radius 3 is 2.32 bits per heavy atom. The van der Waals surface area contributed by atoms with Crippen molar-refractivity contribution in [3.8, 4) is 11.5 Å². The van der Waals surface area contributed by atoms with Crippen molar-refractivity contribution in [2.45, 2.75) is 6.54 Å². The van der Waals surface area contributed by atoms with E-state index in [9.17, 15) is 0 Å². The van der Waals surface area contributed by atoms with E-state index in [0.29, 0.717) is 49.5 Å². The third-order valence-corrected chi connectivity index (χ3v) is 5.00. The lowest BCUT2D eigenvalue weighted by molar-refractivity contribution is 0.132. The van der Waals surface area contributed by atoms with Crippen LogP contribution in [0.1, 0.15) is 11.1 Å². The number of methoxy groups -OCH3 is 2. The molecule has 0 saturated heterocycles. The van der Waals surface area contributed by atoms with Gasteiger partial charge in [0.2, 0.25) is 0 Å². The maximum Gasteiger partial charge on any atom is 0.163 e. The number of rotatable bonds is 8. The quantitative estimate of drug-likeness (QED) is 0.550. The first kappa shape index (κ1) is 24.9. The van der Waals surface area contributed by atoms with Crippen LogP contribution in [0.25, 0.3) is 0 Å². The highest BCUT2D eigenvalue weighted by Crippen LogP contribution is 2.40. The molecule has 0 spiro atoms. The van der Waals surface area contributed by atoms with Crippen LogP contribution in [0, 0.1) is 0 Å². The number of ether oxygens (including phenoxy) is 4. The summed E-state index contributed by atoms with van der Waals surface area (Å²) in [5.41, 5.74) is 3.51. The first-order valence-electron chi connectivity index (χ1n) is 9.30. The van der Waals surface area contributed by atoms with Crippen LogP contribution in [-0.2, 0) is 16.0 Å². The van der Waals surface area contributed by atoms with Crippen LogP contribution in [0.5, 0.6) is 11.5 Å². The second kappa shape index (κ2) is 11.3. The van der Waals surface area contributed by atoms with Crippen LogP contribution >= 0.6 is 24.0 Å². The predicted molar refractivity (Wildman–Crippen MR) is 123 cm³/mol. The standard InChI is InChI=1S/C21H22ClN3O4.ClH.H2O/c1-26-6-8-28-19-10-14-18(11-20(19)29-9-7-27-2)23-13-25-12-15-16(22)4-3-5-17(15)24-21(14)25;;/h3-5,10-11,13H,6-9,12H2,1-2H3;1H;1H2. The minimum absolute atomic E-state index is 0.